The number of ether oxygens (including phenoxy) is 1. The third-order valence-corrected chi connectivity index (χ3v) is 2.80. The first-order valence-electron chi connectivity index (χ1n) is 6.00. The van der Waals surface area contributed by atoms with E-state index in [0.29, 0.717) is 17.3 Å². The number of hydrogen-bond donors (Lipinski definition) is 0. The van der Waals surface area contributed by atoms with Gasteiger partial charge in [-0.25, -0.2) is 9.69 Å². The SMILES string of the molecule is CCOC(=O)N(c1ccccc1)c1ccc(Cl)cc1. The summed E-state index contributed by atoms with van der Waals surface area (Å²) in [5.41, 5.74) is 1.47. The predicted molar refractivity (Wildman–Crippen MR) is 77.1 cm³/mol. The Balaban J connectivity index is 2.40. The lowest BCUT2D eigenvalue weighted by molar-refractivity contribution is 0.162. The number of halogens is 1. The third-order valence-electron chi connectivity index (χ3n) is 2.55. The van der Waals surface area contributed by atoms with E-state index in [1.54, 1.807) is 31.2 Å². The van der Waals surface area contributed by atoms with E-state index in [-0.39, 0.29) is 0 Å². The fraction of sp³-hybridized carbons (Fsp3) is 0.133. The second-order valence-electron chi connectivity index (χ2n) is 3.85. The number of hydrogen-bond acceptors (Lipinski definition) is 2. The van der Waals surface area contributed by atoms with Crippen LogP contribution in [-0.2, 0) is 4.74 Å². The van der Waals surface area contributed by atoms with Crippen molar-refractivity contribution < 1.29 is 9.53 Å². The van der Waals surface area contributed by atoms with Gasteiger partial charge in [-0.3, -0.25) is 0 Å². The van der Waals surface area contributed by atoms with Crippen molar-refractivity contribution in [2.45, 2.75) is 6.92 Å². The minimum absolute atomic E-state index is 0.329. The van der Waals surface area contributed by atoms with Gasteiger partial charge < -0.3 is 4.74 Å². The Morgan fingerprint density at radius 3 is 2.21 bits per heavy atom. The van der Waals surface area contributed by atoms with Crippen LogP contribution >= 0.6 is 11.6 Å². The summed E-state index contributed by atoms with van der Waals surface area (Å²) >= 11 is 5.87. The molecule has 19 heavy (non-hydrogen) atoms. The van der Waals surface area contributed by atoms with Crippen molar-refractivity contribution in [1.82, 2.24) is 0 Å². The number of benzene rings is 2. The van der Waals surface area contributed by atoms with Gasteiger partial charge in [-0.1, -0.05) is 29.8 Å². The van der Waals surface area contributed by atoms with Crippen molar-refractivity contribution in [3.05, 3.63) is 59.6 Å². The van der Waals surface area contributed by atoms with Crippen molar-refractivity contribution >= 4 is 29.1 Å². The van der Waals surface area contributed by atoms with Crippen LogP contribution in [0.25, 0.3) is 0 Å². The van der Waals surface area contributed by atoms with Crippen LogP contribution < -0.4 is 4.90 Å². The Morgan fingerprint density at radius 2 is 1.63 bits per heavy atom. The van der Waals surface area contributed by atoms with E-state index in [4.69, 9.17) is 16.3 Å². The van der Waals surface area contributed by atoms with Gasteiger partial charge in [0.25, 0.3) is 0 Å². The average molecular weight is 276 g/mol. The molecule has 0 saturated carbocycles. The van der Waals surface area contributed by atoms with Crippen molar-refractivity contribution in [2.24, 2.45) is 0 Å². The molecule has 1 amide bonds. The summed E-state index contributed by atoms with van der Waals surface area (Å²) in [6.45, 7) is 2.11. The molecule has 2 rings (SSSR count). The molecule has 0 bridgehead atoms. The van der Waals surface area contributed by atoms with Crippen molar-refractivity contribution in [2.75, 3.05) is 11.5 Å². The molecule has 0 saturated heterocycles. The first-order valence-corrected chi connectivity index (χ1v) is 6.37. The molecule has 0 aromatic heterocycles. The molecule has 3 nitrogen and oxygen atoms in total. The van der Waals surface area contributed by atoms with E-state index >= 15 is 0 Å². The number of para-hydroxylation sites is 1. The summed E-state index contributed by atoms with van der Waals surface area (Å²) in [4.78, 5) is 13.6. The highest BCUT2D eigenvalue weighted by molar-refractivity contribution is 6.30. The quantitative estimate of drug-likeness (QED) is 0.817. The average Bonchev–Trinajstić information content (AvgIpc) is 2.43. The zero-order chi connectivity index (χ0) is 13.7. The second-order valence-corrected chi connectivity index (χ2v) is 4.28. The Kier molecular flexibility index (Phi) is 4.42. The van der Waals surface area contributed by atoms with E-state index < -0.39 is 6.09 Å². The lowest BCUT2D eigenvalue weighted by atomic mass is 10.2. The molecule has 0 aliphatic heterocycles. The van der Waals surface area contributed by atoms with Gasteiger partial charge in [0.2, 0.25) is 0 Å². The number of nitrogens with zero attached hydrogens (tertiary/aromatic N) is 1. The monoisotopic (exact) mass is 275 g/mol. The van der Waals surface area contributed by atoms with Crippen LogP contribution in [0.2, 0.25) is 5.02 Å². The first kappa shape index (κ1) is 13.4. The van der Waals surface area contributed by atoms with E-state index in [0.717, 1.165) is 5.69 Å². The summed E-state index contributed by atoms with van der Waals surface area (Å²) in [5.74, 6) is 0. The molecule has 0 aliphatic carbocycles. The third kappa shape index (κ3) is 3.26. The highest BCUT2D eigenvalue weighted by Gasteiger charge is 2.18. The summed E-state index contributed by atoms with van der Waals surface area (Å²) in [7, 11) is 0. The topological polar surface area (TPSA) is 29.5 Å². The molecule has 0 heterocycles. The summed E-state index contributed by atoms with van der Waals surface area (Å²) in [6, 6.07) is 16.4. The Bertz CT molecular complexity index is 540. The Hall–Kier alpha value is -2.00. The van der Waals surface area contributed by atoms with Gasteiger partial charge in [0.05, 0.1) is 18.0 Å². The lowest BCUT2D eigenvalue weighted by Crippen LogP contribution is -2.26. The fourth-order valence-electron chi connectivity index (χ4n) is 1.72. The van der Waals surface area contributed by atoms with E-state index in [1.165, 1.54) is 4.90 Å². The maximum absolute atomic E-state index is 12.1. The van der Waals surface area contributed by atoms with Gasteiger partial charge in [0, 0.05) is 5.02 Å². The Morgan fingerprint density at radius 1 is 1.05 bits per heavy atom. The predicted octanol–water partition coefficient (Wildman–Crippen LogP) is 4.63. The van der Waals surface area contributed by atoms with Crippen LogP contribution in [-0.4, -0.2) is 12.7 Å². The highest BCUT2D eigenvalue weighted by Crippen LogP contribution is 2.27. The number of amides is 1. The van der Waals surface area contributed by atoms with Crippen LogP contribution in [0.1, 0.15) is 6.92 Å². The van der Waals surface area contributed by atoms with Crippen LogP contribution in [0.3, 0.4) is 0 Å². The first-order chi connectivity index (χ1) is 9.22. The molecule has 2 aromatic carbocycles. The van der Waals surface area contributed by atoms with E-state index in [9.17, 15) is 4.79 Å². The van der Waals surface area contributed by atoms with Gasteiger partial charge in [-0.2, -0.15) is 0 Å². The molecule has 2 aromatic rings. The molecule has 4 heteroatoms. The maximum Gasteiger partial charge on any atom is 0.418 e. The summed E-state index contributed by atoms with van der Waals surface area (Å²) in [5, 5.41) is 0.626. The van der Waals surface area contributed by atoms with Gasteiger partial charge in [-0.15, -0.1) is 0 Å². The molecule has 0 fully saturated rings. The van der Waals surface area contributed by atoms with Crippen molar-refractivity contribution in [3.8, 4) is 0 Å². The van der Waals surface area contributed by atoms with Gasteiger partial charge in [0.15, 0.2) is 0 Å². The molecular weight excluding hydrogens is 262 g/mol. The Labute approximate surface area is 117 Å². The second kappa shape index (κ2) is 6.25. The number of anilines is 2. The zero-order valence-corrected chi connectivity index (χ0v) is 11.3. The minimum atomic E-state index is -0.406. The molecule has 0 aliphatic rings. The number of rotatable bonds is 3. The van der Waals surface area contributed by atoms with Gasteiger partial charge >= 0.3 is 6.09 Å². The molecule has 98 valence electrons. The zero-order valence-electron chi connectivity index (χ0n) is 10.5. The standard InChI is InChI=1S/C15H14ClNO2/c1-2-19-15(18)17(13-6-4-3-5-7-13)14-10-8-12(16)9-11-14/h3-11H,2H2,1H3. The number of carbonyl (C=O) groups is 1. The number of carbonyl (C=O) groups excluding carboxylic acids is 1. The molecule has 0 unspecified atom stereocenters. The maximum atomic E-state index is 12.1. The van der Waals surface area contributed by atoms with Crippen molar-refractivity contribution in [1.29, 1.82) is 0 Å². The summed E-state index contributed by atoms with van der Waals surface area (Å²) < 4.78 is 5.10. The van der Waals surface area contributed by atoms with Gasteiger partial charge in [0.1, 0.15) is 0 Å². The minimum Gasteiger partial charge on any atom is -0.449 e. The van der Waals surface area contributed by atoms with Crippen LogP contribution in [0.5, 0.6) is 0 Å². The van der Waals surface area contributed by atoms with Crippen LogP contribution in [0.15, 0.2) is 54.6 Å². The molecular formula is C15H14ClNO2. The van der Waals surface area contributed by atoms with Crippen LogP contribution in [0.4, 0.5) is 16.2 Å². The molecule has 0 N–H and O–H groups in total. The lowest BCUT2D eigenvalue weighted by Gasteiger charge is -2.22. The molecule has 0 spiro atoms. The van der Waals surface area contributed by atoms with Crippen LogP contribution in [0, 0.1) is 0 Å². The highest BCUT2D eigenvalue weighted by atomic mass is 35.5. The van der Waals surface area contributed by atoms with Gasteiger partial charge in [-0.05, 0) is 43.3 Å². The normalized spacial score (nSPS) is 10.0. The molecule has 0 radical (unpaired) electrons. The largest absolute Gasteiger partial charge is 0.449 e. The van der Waals surface area contributed by atoms with Crippen molar-refractivity contribution in [3.63, 3.8) is 0 Å². The fourth-order valence-corrected chi connectivity index (χ4v) is 1.84. The van der Waals surface area contributed by atoms with E-state index in [2.05, 4.69) is 0 Å². The van der Waals surface area contributed by atoms with E-state index in [1.807, 2.05) is 30.3 Å². The molecule has 0 atom stereocenters. The summed E-state index contributed by atoms with van der Waals surface area (Å²) in [6.07, 6.45) is -0.406. The smallest absolute Gasteiger partial charge is 0.418 e.